The number of hydrogen-bond donors (Lipinski definition) is 1. The standard InChI is InChI=1S/C27H33NO5/c1-28(22-9-3-4-10-22)27(31)32-18-21-7-2-5-12-25(21)19-13-15-23(16-14-19)33-24-11-6-8-20(17-24)26(29)30/h2,5,7,12-16,20,22,24H,3-4,6,8-11,17-18H2,1H3,(H,29,30)/t20-,24-/m0/s1. The van der Waals surface area contributed by atoms with E-state index in [4.69, 9.17) is 9.47 Å². The third-order valence-corrected chi connectivity index (χ3v) is 6.97. The van der Waals surface area contributed by atoms with Gasteiger partial charge in [0.25, 0.3) is 0 Å². The van der Waals surface area contributed by atoms with Crippen molar-refractivity contribution in [2.75, 3.05) is 7.05 Å². The second-order valence-corrected chi connectivity index (χ2v) is 9.23. The molecule has 0 aliphatic heterocycles. The predicted molar refractivity (Wildman–Crippen MR) is 126 cm³/mol. The first-order valence-electron chi connectivity index (χ1n) is 12.0. The molecule has 2 aromatic carbocycles. The molecule has 2 saturated carbocycles. The Labute approximate surface area is 195 Å². The van der Waals surface area contributed by atoms with Crippen LogP contribution >= 0.6 is 0 Å². The summed E-state index contributed by atoms with van der Waals surface area (Å²) >= 11 is 0. The van der Waals surface area contributed by atoms with Crippen molar-refractivity contribution in [2.45, 2.75) is 70.1 Å². The van der Waals surface area contributed by atoms with E-state index in [2.05, 4.69) is 0 Å². The second-order valence-electron chi connectivity index (χ2n) is 9.23. The SMILES string of the molecule is CN(C(=O)OCc1ccccc1-c1ccc(O[C@H]2CCC[C@H](C(=O)O)C2)cc1)C1CCCC1. The lowest BCUT2D eigenvalue weighted by Crippen LogP contribution is -2.35. The summed E-state index contributed by atoms with van der Waals surface area (Å²) in [4.78, 5) is 25.5. The van der Waals surface area contributed by atoms with Gasteiger partial charge in [0.2, 0.25) is 0 Å². The number of rotatable bonds is 7. The van der Waals surface area contributed by atoms with E-state index in [0.717, 1.165) is 54.5 Å². The maximum Gasteiger partial charge on any atom is 0.410 e. The molecule has 1 amide bonds. The first-order chi connectivity index (χ1) is 16.0. The van der Waals surface area contributed by atoms with Crippen molar-refractivity contribution in [2.24, 2.45) is 5.92 Å². The maximum atomic E-state index is 12.5. The fraction of sp³-hybridized carbons (Fsp3) is 0.481. The van der Waals surface area contributed by atoms with E-state index >= 15 is 0 Å². The van der Waals surface area contributed by atoms with Crippen molar-refractivity contribution >= 4 is 12.1 Å². The van der Waals surface area contributed by atoms with Gasteiger partial charge in [-0.2, -0.15) is 0 Å². The predicted octanol–water partition coefficient (Wildman–Crippen LogP) is 5.89. The largest absolute Gasteiger partial charge is 0.490 e. The molecule has 0 saturated heterocycles. The number of ether oxygens (including phenoxy) is 2. The van der Waals surface area contributed by atoms with Crippen LogP contribution < -0.4 is 4.74 Å². The van der Waals surface area contributed by atoms with Crippen molar-refractivity contribution in [3.05, 3.63) is 54.1 Å². The molecule has 1 N–H and O–H groups in total. The van der Waals surface area contributed by atoms with Gasteiger partial charge in [-0.3, -0.25) is 4.79 Å². The van der Waals surface area contributed by atoms with Crippen LogP contribution in [0, 0.1) is 5.92 Å². The Morgan fingerprint density at radius 1 is 0.970 bits per heavy atom. The van der Waals surface area contributed by atoms with Gasteiger partial charge < -0.3 is 19.5 Å². The molecule has 0 heterocycles. The monoisotopic (exact) mass is 451 g/mol. The minimum Gasteiger partial charge on any atom is -0.490 e. The number of amides is 1. The van der Waals surface area contributed by atoms with Crippen molar-refractivity contribution in [1.82, 2.24) is 4.90 Å². The lowest BCUT2D eigenvalue weighted by molar-refractivity contribution is -0.143. The van der Waals surface area contributed by atoms with Crippen LogP contribution in [0.15, 0.2) is 48.5 Å². The first kappa shape index (κ1) is 23.1. The van der Waals surface area contributed by atoms with Crippen molar-refractivity contribution in [1.29, 1.82) is 0 Å². The van der Waals surface area contributed by atoms with E-state index in [1.807, 2.05) is 55.6 Å². The van der Waals surface area contributed by atoms with Gasteiger partial charge in [-0.15, -0.1) is 0 Å². The number of carboxylic acid groups (broad SMARTS) is 1. The summed E-state index contributed by atoms with van der Waals surface area (Å²) in [7, 11) is 1.83. The van der Waals surface area contributed by atoms with Gasteiger partial charge in [0, 0.05) is 13.1 Å². The van der Waals surface area contributed by atoms with Crippen LogP contribution in [-0.2, 0) is 16.1 Å². The summed E-state index contributed by atoms with van der Waals surface area (Å²) in [6.45, 7) is 0.225. The molecule has 0 aromatic heterocycles. The van der Waals surface area contributed by atoms with E-state index in [9.17, 15) is 14.7 Å². The highest BCUT2D eigenvalue weighted by atomic mass is 16.6. The third kappa shape index (κ3) is 5.86. The lowest BCUT2D eigenvalue weighted by atomic mass is 9.87. The third-order valence-electron chi connectivity index (χ3n) is 6.97. The van der Waals surface area contributed by atoms with E-state index in [1.54, 1.807) is 4.90 Å². The number of carbonyl (C=O) groups excluding carboxylic acids is 1. The van der Waals surface area contributed by atoms with Gasteiger partial charge in [-0.05, 0) is 67.3 Å². The molecule has 0 bridgehead atoms. The van der Waals surface area contributed by atoms with Crippen LogP contribution in [0.2, 0.25) is 0 Å². The Hall–Kier alpha value is -3.02. The molecule has 6 nitrogen and oxygen atoms in total. The van der Waals surface area contributed by atoms with Crippen LogP contribution in [0.25, 0.3) is 11.1 Å². The highest BCUT2D eigenvalue weighted by Gasteiger charge is 2.28. The molecule has 2 aliphatic rings. The van der Waals surface area contributed by atoms with Crippen LogP contribution in [0.5, 0.6) is 5.75 Å². The summed E-state index contributed by atoms with van der Waals surface area (Å²) in [5.41, 5.74) is 2.99. The number of hydrogen-bond acceptors (Lipinski definition) is 4. The Kier molecular flexibility index (Phi) is 7.53. The van der Waals surface area contributed by atoms with Crippen molar-refractivity contribution < 1.29 is 24.2 Å². The van der Waals surface area contributed by atoms with Crippen LogP contribution in [-0.4, -0.2) is 41.3 Å². The van der Waals surface area contributed by atoms with Gasteiger partial charge in [0.15, 0.2) is 0 Å². The average Bonchev–Trinajstić information content (AvgIpc) is 3.38. The second kappa shape index (κ2) is 10.7. The number of nitrogens with zero attached hydrogens (tertiary/aromatic N) is 1. The van der Waals surface area contributed by atoms with Crippen LogP contribution in [0.3, 0.4) is 0 Å². The first-order valence-corrected chi connectivity index (χ1v) is 12.0. The van der Waals surface area contributed by atoms with E-state index in [-0.39, 0.29) is 30.8 Å². The maximum absolute atomic E-state index is 12.5. The fourth-order valence-electron chi connectivity index (χ4n) is 4.99. The molecule has 0 unspecified atom stereocenters. The highest BCUT2D eigenvalue weighted by molar-refractivity contribution is 5.71. The Bertz CT molecular complexity index is 951. The zero-order valence-corrected chi connectivity index (χ0v) is 19.2. The highest BCUT2D eigenvalue weighted by Crippen LogP contribution is 2.31. The molecule has 176 valence electrons. The molecule has 2 atom stereocenters. The zero-order valence-electron chi connectivity index (χ0n) is 19.2. The van der Waals surface area contributed by atoms with Gasteiger partial charge in [-0.25, -0.2) is 4.79 Å². The summed E-state index contributed by atoms with van der Waals surface area (Å²) in [5.74, 6) is -0.299. The average molecular weight is 452 g/mol. The van der Waals surface area contributed by atoms with Crippen molar-refractivity contribution in [3.63, 3.8) is 0 Å². The van der Waals surface area contributed by atoms with Crippen LogP contribution in [0.1, 0.15) is 56.9 Å². The molecular formula is C27H33NO5. The Morgan fingerprint density at radius 3 is 2.42 bits per heavy atom. The normalized spacial score (nSPS) is 20.9. The summed E-state index contributed by atoms with van der Waals surface area (Å²) in [6.07, 6.45) is 7.16. The smallest absolute Gasteiger partial charge is 0.410 e. The number of carboxylic acids is 1. The molecular weight excluding hydrogens is 418 g/mol. The Balaban J connectivity index is 1.38. The topological polar surface area (TPSA) is 76.1 Å². The van der Waals surface area contributed by atoms with Gasteiger partial charge in [0.1, 0.15) is 12.4 Å². The summed E-state index contributed by atoms with van der Waals surface area (Å²) in [5, 5.41) is 9.28. The summed E-state index contributed by atoms with van der Waals surface area (Å²) in [6, 6.07) is 16.1. The fourth-order valence-corrected chi connectivity index (χ4v) is 4.99. The summed E-state index contributed by atoms with van der Waals surface area (Å²) < 4.78 is 11.7. The van der Waals surface area contributed by atoms with E-state index in [0.29, 0.717) is 6.42 Å². The molecule has 33 heavy (non-hydrogen) atoms. The lowest BCUT2D eigenvalue weighted by Gasteiger charge is -2.27. The number of benzene rings is 2. The van der Waals surface area contributed by atoms with Crippen molar-refractivity contribution in [3.8, 4) is 16.9 Å². The minimum absolute atomic E-state index is 0.0609. The zero-order chi connectivity index (χ0) is 23.2. The molecule has 2 aliphatic carbocycles. The Morgan fingerprint density at radius 2 is 1.70 bits per heavy atom. The molecule has 4 rings (SSSR count). The molecule has 2 aromatic rings. The van der Waals surface area contributed by atoms with Gasteiger partial charge >= 0.3 is 12.1 Å². The van der Waals surface area contributed by atoms with Gasteiger partial charge in [-0.1, -0.05) is 49.2 Å². The molecule has 2 fully saturated rings. The van der Waals surface area contributed by atoms with E-state index in [1.165, 1.54) is 12.8 Å². The minimum atomic E-state index is -0.731. The number of aliphatic carboxylic acids is 1. The van der Waals surface area contributed by atoms with Crippen LogP contribution in [0.4, 0.5) is 4.79 Å². The number of carbonyl (C=O) groups is 2. The quantitative estimate of drug-likeness (QED) is 0.568. The molecule has 0 spiro atoms. The molecule has 0 radical (unpaired) electrons. The molecule has 6 heteroatoms. The van der Waals surface area contributed by atoms with Gasteiger partial charge in [0.05, 0.1) is 12.0 Å². The van der Waals surface area contributed by atoms with E-state index < -0.39 is 5.97 Å².